The van der Waals surface area contributed by atoms with Crippen molar-refractivity contribution in [3.05, 3.63) is 64.1 Å². The molecule has 0 aromatic heterocycles. The van der Waals surface area contributed by atoms with E-state index in [-0.39, 0.29) is 23.7 Å². The van der Waals surface area contributed by atoms with Gasteiger partial charge in [-0.25, -0.2) is 16.8 Å². The van der Waals surface area contributed by atoms with Crippen LogP contribution in [0, 0.1) is 0 Å². The van der Waals surface area contributed by atoms with Gasteiger partial charge in [0.15, 0.2) is 9.84 Å². The SMILES string of the molecule is O=S(=O)(c1ccc(Cl)cc1)C1CN(S(=O)(=O)Cc2ccc(Cl)cc2)C1. The van der Waals surface area contributed by atoms with Gasteiger partial charge in [-0.3, -0.25) is 0 Å². The van der Waals surface area contributed by atoms with E-state index >= 15 is 0 Å². The van der Waals surface area contributed by atoms with Crippen LogP contribution in [0.3, 0.4) is 0 Å². The van der Waals surface area contributed by atoms with Crippen molar-refractivity contribution in [3.8, 4) is 0 Å². The fourth-order valence-corrected chi connectivity index (χ4v) is 6.23. The third-order valence-electron chi connectivity index (χ3n) is 4.05. The highest BCUT2D eigenvalue weighted by molar-refractivity contribution is 7.92. The normalized spacial score (nSPS) is 16.6. The Morgan fingerprint density at radius 1 is 0.840 bits per heavy atom. The van der Waals surface area contributed by atoms with Crippen molar-refractivity contribution in [2.45, 2.75) is 15.9 Å². The molecule has 2 aromatic rings. The number of halogens is 2. The Labute approximate surface area is 157 Å². The van der Waals surface area contributed by atoms with Crippen LogP contribution in [0.5, 0.6) is 0 Å². The molecule has 9 heteroatoms. The number of sulfonamides is 1. The van der Waals surface area contributed by atoms with Gasteiger partial charge in [0.2, 0.25) is 10.0 Å². The minimum atomic E-state index is -3.57. The first-order valence-electron chi connectivity index (χ1n) is 7.40. The average Bonchev–Trinajstić information content (AvgIpc) is 2.47. The Hall–Kier alpha value is -1.12. The van der Waals surface area contributed by atoms with Crippen molar-refractivity contribution in [3.63, 3.8) is 0 Å². The minimum Gasteiger partial charge on any atom is -0.223 e. The third kappa shape index (κ3) is 4.01. The van der Waals surface area contributed by atoms with Gasteiger partial charge >= 0.3 is 0 Å². The molecule has 0 spiro atoms. The molecule has 25 heavy (non-hydrogen) atoms. The van der Waals surface area contributed by atoms with Crippen LogP contribution in [0.25, 0.3) is 0 Å². The molecular formula is C16H15Cl2NO4S2. The van der Waals surface area contributed by atoms with Crippen molar-refractivity contribution in [2.24, 2.45) is 0 Å². The Balaban J connectivity index is 1.68. The van der Waals surface area contributed by atoms with E-state index in [9.17, 15) is 16.8 Å². The Bertz CT molecular complexity index is 966. The van der Waals surface area contributed by atoms with Crippen LogP contribution in [0.1, 0.15) is 5.56 Å². The van der Waals surface area contributed by atoms with E-state index in [1.165, 1.54) is 28.6 Å². The summed E-state index contributed by atoms with van der Waals surface area (Å²) < 4.78 is 51.0. The zero-order valence-electron chi connectivity index (χ0n) is 13.0. The zero-order valence-corrected chi connectivity index (χ0v) is 16.1. The van der Waals surface area contributed by atoms with Crippen molar-refractivity contribution >= 4 is 43.1 Å². The van der Waals surface area contributed by atoms with E-state index in [4.69, 9.17) is 23.2 Å². The summed E-state index contributed by atoms with van der Waals surface area (Å²) in [5.74, 6) is -0.183. The molecular weight excluding hydrogens is 405 g/mol. The first-order valence-corrected chi connectivity index (χ1v) is 11.3. The molecule has 0 bridgehead atoms. The molecule has 0 aliphatic carbocycles. The molecule has 3 rings (SSSR count). The van der Waals surface area contributed by atoms with Crippen molar-refractivity contribution < 1.29 is 16.8 Å². The standard InChI is InChI=1S/C16H15Cl2NO4S2/c17-13-3-1-12(2-4-13)11-24(20,21)19-9-16(10-19)25(22,23)15-7-5-14(18)6-8-15/h1-8,16H,9-11H2. The third-order valence-corrected chi connectivity index (χ3v) is 8.44. The molecule has 134 valence electrons. The molecule has 2 aromatic carbocycles. The summed E-state index contributed by atoms with van der Waals surface area (Å²) >= 11 is 11.6. The highest BCUT2D eigenvalue weighted by atomic mass is 35.5. The lowest BCUT2D eigenvalue weighted by atomic mass is 10.2. The Morgan fingerprint density at radius 3 is 1.84 bits per heavy atom. The van der Waals surface area contributed by atoms with E-state index in [0.29, 0.717) is 15.6 Å². The fourth-order valence-electron chi connectivity index (χ4n) is 2.52. The monoisotopic (exact) mass is 419 g/mol. The largest absolute Gasteiger partial charge is 0.223 e. The number of nitrogens with zero attached hydrogens (tertiary/aromatic N) is 1. The van der Waals surface area contributed by atoms with Gasteiger partial charge in [0.1, 0.15) is 0 Å². The van der Waals surface area contributed by atoms with Crippen LogP contribution in [-0.2, 0) is 25.6 Å². The van der Waals surface area contributed by atoms with Gasteiger partial charge in [0.05, 0.1) is 15.9 Å². The van der Waals surface area contributed by atoms with E-state index in [2.05, 4.69) is 0 Å². The first-order chi connectivity index (χ1) is 11.7. The van der Waals surface area contributed by atoms with E-state index in [0.717, 1.165) is 0 Å². The maximum absolute atomic E-state index is 12.5. The van der Waals surface area contributed by atoms with Gasteiger partial charge in [-0.1, -0.05) is 35.3 Å². The van der Waals surface area contributed by atoms with Gasteiger partial charge < -0.3 is 0 Å². The van der Waals surface area contributed by atoms with Gasteiger partial charge in [0, 0.05) is 23.1 Å². The highest BCUT2D eigenvalue weighted by Crippen LogP contribution is 2.28. The van der Waals surface area contributed by atoms with Crippen molar-refractivity contribution in [1.29, 1.82) is 0 Å². The van der Waals surface area contributed by atoms with Crippen molar-refractivity contribution in [1.82, 2.24) is 4.31 Å². The first kappa shape index (κ1) is 18.7. The maximum atomic E-state index is 12.5. The quantitative estimate of drug-likeness (QED) is 0.746. The smallest absolute Gasteiger partial charge is 0.218 e. The number of rotatable bonds is 5. The molecule has 1 aliphatic rings. The Kier molecular flexibility index (Phi) is 5.14. The molecule has 1 fully saturated rings. The topological polar surface area (TPSA) is 71.5 Å². The number of hydrogen-bond acceptors (Lipinski definition) is 4. The number of benzene rings is 2. The molecule has 0 saturated carbocycles. The number of sulfone groups is 1. The summed E-state index contributed by atoms with van der Waals surface area (Å²) in [5.41, 5.74) is 0.605. The summed E-state index contributed by atoms with van der Waals surface area (Å²) in [6.45, 7) is -0.0816. The fraction of sp³-hybridized carbons (Fsp3) is 0.250. The highest BCUT2D eigenvalue weighted by Gasteiger charge is 2.43. The van der Waals surface area contributed by atoms with Crippen molar-refractivity contribution in [2.75, 3.05) is 13.1 Å². The molecule has 1 heterocycles. The second kappa shape index (κ2) is 6.89. The minimum absolute atomic E-state index is 0.0408. The van der Waals surface area contributed by atoms with Crippen LogP contribution in [0.15, 0.2) is 53.4 Å². The van der Waals surface area contributed by atoms with Gasteiger partial charge in [-0.15, -0.1) is 0 Å². The van der Waals surface area contributed by atoms with Crippen LogP contribution < -0.4 is 0 Å². The molecule has 0 radical (unpaired) electrons. The van der Waals surface area contributed by atoms with E-state index < -0.39 is 25.1 Å². The summed E-state index contributed by atoms with van der Waals surface area (Å²) in [4.78, 5) is 0.150. The average molecular weight is 420 g/mol. The molecule has 0 atom stereocenters. The molecule has 5 nitrogen and oxygen atoms in total. The van der Waals surface area contributed by atoms with Gasteiger partial charge in [-0.2, -0.15) is 4.31 Å². The molecule has 0 amide bonds. The summed E-state index contributed by atoms with van der Waals surface area (Å²) in [5, 5.41) is 0.229. The summed E-state index contributed by atoms with van der Waals surface area (Å²) in [6.07, 6.45) is 0. The summed E-state index contributed by atoms with van der Waals surface area (Å²) in [6, 6.07) is 12.4. The van der Waals surface area contributed by atoms with Gasteiger partial charge in [0.25, 0.3) is 0 Å². The van der Waals surface area contributed by atoms with Crippen LogP contribution in [-0.4, -0.2) is 39.5 Å². The molecule has 1 aliphatic heterocycles. The Morgan fingerprint density at radius 2 is 1.32 bits per heavy atom. The van der Waals surface area contributed by atoms with Crippen LogP contribution in [0.2, 0.25) is 10.0 Å². The second-order valence-corrected chi connectivity index (χ2v) is 10.9. The number of hydrogen-bond donors (Lipinski definition) is 0. The van der Waals surface area contributed by atoms with Crippen LogP contribution >= 0.6 is 23.2 Å². The lowest BCUT2D eigenvalue weighted by Crippen LogP contribution is -2.56. The maximum Gasteiger partial charge on any atom is 0.218 e. The van der Waals surface area contributed by atoms with E-state index in [1.807, 2.05) is 0 Å². The lowest BCUT2D eigenvalue weighted by molar-refractivity contribution is 0.309. The predicted molar refractivity (Wildman–Crippen MR) is 98.1 cm³/mol. The summed E-state index contributed by atoms with van der Waals surface area (Å²) in [7, 11) is -7.14. The predicted octanol–water partition coefficient (Wildman–Crippen LogP) is 2.98. The van der Waals surface area contributed by atoms with Crippen LogP contribution in [0.4, 0.5) is 0 Å². The lowest BCUT2D eigenvalue weighted by Gasteiger charge is -2.37. The van der Waals surface area contributed by atoms with E-state index in [1.54, 1.807) is 24.3 Å². The molecule has 0 N–H and O–H groups in total. The molecule has 1 saturated heterocycles. The molecule has 0 unspecified atom stereocenters. The second-order valence-electron chi connectivity index (χ2n) is 5.82. The van der Waals surface area contributed by atoms with Gasteiger partial charge in [-0.05, 0) is 42.0 Å². The zero-order chi connectivity index (χ0) is 18.2.